The maximum atomic E-state index is 12.9. The fourth-order valence-electron chi connectivity index (χ4n) is 3.74. The summed E-state index contributed by atoms with van der Waals surface area (Å²) in [6.45, 7) is 0.0398. The second-order valence-electron chi connectivity index (χ2n) is 7.02. The summed E-state index contributed by atoms with van der Waals surface area (Å²) >= 11 is 0. The Labute approximate surface area is 169 Å². The molecule has 4 heteroatoms. The number of amides is 1. The lowest BCUT2D eigenvalue weighted by Crippen LogP contribution is -2.42. The van der Waals surface area contributed by atoms with Crippen molar-refractivity contribution in [1.82, 2.24) is 0 Å². The first-order valence-electron chi connectivity index (χ1n) is 9.30. The molecule has 0 fully saturated rings. The number of fused-ring (bicyclic) bond motifs is 1. The van der Waals surface area contributed by atoms with Crippen LogP contribution in [0.25, 0.3) is 11.1 Å². The van der Waals surface area contributed by atoms with Crippen LogP contribution in [0.15, 0.2) is 78.9 Å². The van der Waals surface area contributed by atoms with Crippen LogP contribution in [0.3, 0.4) is 0 Å². The van der Waals surface area contributed by atoms with Gasteiger partial charge in [-0.25, -0.2) is 0 Å². The molecule has 142 valence electrons. The van der Waals surface area contributed by atoms with Gasteiger partial charge in [0.05, 0.1) is 18.7 Å². The van der Waals surface area contributed by atoms with Crippen LogP contribution in [-0.2, 0) is 10.4 Å². The number of carbonyl (C=O) groups excluding carboxylic acids is 2. The predicted molar refractivity (Wildman–Crippen MR) is 112 cm³/mol. The average Bonchev–Trinajstić information content (AvgIpc) is 2.97. The zero-order valence-electron chi connectivity index (χ0n) is 15.7. The summed E-state index contributed by atoms with van der Waals surface area (Å²) < 4.78 is 0. The monoisotopic (exact) mass is 381 g/mol. The van der Waals surface area contributed by atoms with Crippen LogP contribution in [-0.4, -0.2) is 23.3 Å². The summed E-state index contributed by atoms with van der Waals surface area (Å²) in [4.78, 5) is 27.2. The summed E-state index contributed by atoms with van der Waals surface area (Å²) in [5.41, 5.74) is 1.53. The van der Waals surface area contributed by atoms with E-state index in [-0.39, 0.29) is 18.7 Å². The molecule has 4 rings (SSSR count). The van der Waals surface area contributed by atoms with Gasteiger partial charge in [-0.05, 0) is 17.2 Å². The minimum atomic E-state index is -1.91. The standard InChI is InChI=1S/C25H19NO3/c1-2-16-26-22-11-7-6-10-21(22)25(29,24(26)28)17-23(27)20-14-12-19(13-15-20)18-8-4-3-5-9-18/h1,3-15,29H,16-17H2. The smallest absolute Gasteiger partial charge is 0.265 e. The zero-order chi connectivity index (χ0) is 20.4. The number of nitrogens with zero attached hydrogens (tertiary/aromatic N) is 1. The molecule has 0 radical (unpaired) electrons. The van der Waals surface area contributed by atoms with Gasteiger partial charge in [0.1, 0.15) is 0 Å². The highest BCUT2D eigenvalue weighted by atomic mass is 16.3. The van der Waals surface area contributed by atoms with Crippen LogP contribution in [0.5, 0.6) is 0 Å². The highest BCUT2D eigenvalue weighted by Crippen LogP contribution is 2.42. The van der Waals surface area contributed by atoms with Gasteiger partial charge in [-0.2, -0.15) is 0 Å². The molecular weight excluding hydrogens is 362 g/mol. The van der Waals surface area contributed by atoms with Crippen molar-refractivity contribution in [2.45, 2.75) is 12.0 Å². The van der Waals surface area contributed by atoms with Crippen molar-refractivity contribution in [2.75, 3.05) is 11.4 Å². The van der Waals surface area contributed by atoms with Gasteiger partial charge in [0.2, 0.25) is 0 Å². The van der Waals surface area contributed by atoms with Crippen molar-refractivity contribution < 1.29 is 14.7 Å². The van der Waals surface area contributed by atoms with Gasteiger partial charge >= 0.3 is 0 Å². The van der Waals surface area contributed by atoms with Gasteiger partial charge in [0, 0.05) is 11.1 Å². The Morgan fingerprint density at radius 1 is 0.931 bits per heavy atom. The number of para-hydroxylation sites is 1. The highest BCUT2D eigenvalue weighted by Gasteiger charge is 2.50. The Kier molecular flexibility index (Phi) is 4.75. The fraction of sp³-hybridized carbons (Fsp3) is 0.120. The summed E-state index contributed by atoms with van der Waals surface area (Å²) in [5, 5.41) is 11.2. The average molecular weight is 381 g/mol. The fourth-order valence-corrected chi connectivity index (χ4v) is 3.74. The normalized spacial score (nSPS) is 17.7. The van der Waals surface area contributed by atoms with Crippen LogP contribution in [0, 0.1) is 12.3 Å². The molecule has 1 aliphatic heterocycles. The topological polar surface area (TPSA) is 57.6 Å². The lowest BCUT2D eigenvalue weighted by atomic mass is 9.88. The lowest BCUT2D eigenvalue weighted by Gasteiger charge is -2.22. The molecule has 0 bridgehead atoms. The highest BCUT2D eigenvalue weighted by molar-refractivity contribution is 6.11. The van der Waals surface area contributed by atoms with Crippen molar-refractivity contribution in [2.24, 2.45) is 0 Å². The van der Waals surface area contributed by atoms with Gasteiger partial charge < -0.3 is 5.11 Å². The number of hydrogen-bond donors (Lipinski definition) is 1. The van der Waals surface area contributed by atoms with Crippen molar-refractivity contribution in [3.05, 3.63) is 90.0 Å². The van der Waals surface area contributed by atoms with Gasteiger partial charge in [0.15, 0.2) is 11.4 Å². The molecule has 1 heterocycles. The second kappa shape index (κ2) is 7.38. The Morgan fingerprint density at radius 3 is 2.24 bits per heavy atom. The molecule has 1 unspecified atom stereocenters. The second-order valence-corrected chi connectivity index (χ2v) is 7.02. The number of carbonyl (C=O) groups is 2. The van der Waals surface area contributed by atoms with E-state index in [1.165, 1.54) is 4.90 Å². The summed E-state index contributed by atoms with van der Waals surface area (Å²) in [5.74, 6) is 1.56. The van der Waals surface area contributed by atoms with Crippen LogP contribution in [0.4, 0.5) is 5.69 Å². The van der Waals surface area contributed by atoms with Crippen LogP contribution in [0.1, 0.15) is 22.3 Å². The van der Waals surface area contributed by atoms with E-state index < -0.39 is 11.5 Å². The molecule has 1 aliphatic rings. The van der Waals surface area contributed by atoms with E-state index in [1.807, 2.05) is 42.5 Å². The van der Waals surface area contributed by atoms with E-state index in [4.69, 9.17) is 6.42 Å². The first kappa shape index (κ1) is 18.7. The predicted octanol–water partition coefficient (Wildman–Crippen LogP) is 3.79. The number of Topliss-reactive ketones (excluding diaryl/α,β-unsaturated/α-hetero) is 1. The van der Waals surface area contributed by atoms with Gasteiger partial charge in [-0.3, -0.25) is 14.5 Å². The molecule has 29 heavy (non-hydrogen) atoms. The minimum absolute atomic E-state index is 0.0398. The maximum Gasteiger partial charge on any atom is 0.265 e. The largest absolute Gasteiger partial charge is 0.375 e. The van der Waals surface area contributed by atoms with E-state index in [0.29, 0.717) is 16.8 Å². The number of anilines is 1. The molecule has 1 amide bonds. The number of rotatable bonds is 5. The molecule has 3 aromatic carbocycles. The van der Waals surface area contributed by atoms with Gasteiger partial charge in [-0.1, -0.05) is 78.7 Å². The number of aliphatic hydroxyl groups is 1. The number of terminal acetylenes is 1. The Morgan fingerprint density at radius 2 is 1.55 bits per heavy atom. The Balaban J connectivity index is 1.61. The van der Waals surface area contributed by atoms with E-state index in [1.54, 1.807) is 36.4 Å². The van der Waals surface area contributed by atoms with Crippen LogP contribution in [0.2, 0.25) is 0 Å². The van der Waals surface area contributed by atoms with Crippen molar-refractivity contribution in [3.63, 3.8) is 0 Å². The number of benzene rings is 3. The third kappa shape index (κ3) is 3.22. The first-order valence-corrected chi connectivity index (χ1v) is 9.30. The van der Waals surface area contributed by atoms with Crippen molar-refractivity contribution >= 4 is 17.4 Å². The molecule has 0 spiro atoms. The number of ketones is 1. The molecule has 0 saturated heterocycles. The molecule has 0 aromatic heterocycles. The maximum absolute atomic E-state index is 12.9. The number of hydrogen-bond acceptors (Lipinski definition) is 3. The minimum Gasteiger partial charge on any atom is -0.375 e. The van der Waals surface area contributed by atoms with Crippen LogP contribution < -0.4 is 4.90 Å². The molecule has 0 aliphatic carbocycles. The molecule has 4 nitrogen and oxygen atoms in total. The first-order chi connectivity index (χ1) is 14.0. The third-order valence-electron chi connectivity index (χ3n) is 5.22. The van der Waals surface area contributed by atoms with Crippen molar-refractivity contribution in [3.8, 4) is 23.5 Å². The summed E-state index contributed by atoms with van der Waals surface area (Å²) in [6, 6.07) is 23.9. The zero-order valence-corrected chi connectivity index (χ0v) is 15.7. The van der Waals surface area contributed by atoms with E-state index in [2.05, 4.69) is 5.92 Å². The molecule has 1 atom stereocenters. The van der Waals surface area contributed by atoms with Gasteiger partial charge in [-0.15, -0.1) is 6.42 Å². The van der Waals surface area contributed by atoms with E-state index >= 15 is 0 Å². The summed E-state index contributed by atoms with van der Waals surface area (Å²) in [6.07, 6.45) is 5.04. The molecule has 3 aromatic rings. The quantitative estimate of drug-likeness (QED) is 0.540. The third-order valence-corrected chi connectivity index (χ3v) is 5.22. The SMILES string of the molecule is C#CCN1C(=O)C(O)(CC(=O)c2ccc(-c3ccccc3)cc2)c2ccccc21. The Bertz CT molecular complexity index is 1110. The van der Waals surface area contributed by atoms with Crippen molar-refractivity contribution in [1.29, 1.82) is 0 Å². The lowest BCUT2D eigenvalue weighted by molar-refractivity contribution is -0.135. The molecule has 1 N–H and O–H groups in total. The summed E-state index contributed by atoms with van der Waals surface area (Å²) in [7, 11) is 0. The van der Waals surface area contributed by atoms with E-state index in [9.17, 15) is 14.7 Å². The van der Waals surface area contributed by atoms with Crippen LogP contribution >= 0.6 is 0 Å². The molecular formula is C25H19NO3. The van der Waals surface area contributed by atoms with Gasteiger partial charge in [0.25, 0.3) is 5.91 Å². The molecule has 0 saturated carbocycles. The Hall–Kier alpha value is -3.68. The van der Waals surface area contributed by atoms with E-state index in [0.717, 1.165) is 11.1 Å².